The third kappa shape index (κ3) is 4.37. The Kier molecular flexibility index (Phi) is 5.39. The quantitative estimate of drug-likeness (QED) is 0.824. The summed E-state index contributed by atoms with van der Waals surface area (Å²) in [4.78, 5) is 5.01. The highest BCUT2D eigenvalue weighted by Gasteiger charge is 2.12. The van der Waals surface area contributed by atoms with Crippen LogP contribution in [0.1, 0.15) is 38.5 Å². The molecule has 3 nitrogen and oxygen atoms in total. The highest BCUT2D eigenvalue weighted by Crippen LogP contribution is 2.23. The predicted molar refractivity (Wildman–Crippen MR) is 88.3 cm³/mol. The number of ether oxygens (including phenoxy) is 1. The zero-order valence-corrected chi connectivity index (χ0v) is 13.1. The van der Waals surface area contributed by atoms with Gasteiger partial charge in [0.05, 0.1) is 0 Å². The van der Waals surface area contributed by atoms with E-state index < -0.39 is 0 Å². The number of benzene rings is 1. The first-order chi connectivity index (χ1) is 10.4. The largest absolute Gasteiger partial charge is 0.492 e. The fraction of sp³-hybridized carbons (Fsp3) is 0.667. The summed E-state index contributed by atoms with van der Waals surface area (Å²) >= 11 is 0. The van der Waals surface area contributed by atoms with Gasteiger partial charge in [0.1, 0.15) is 12.4 Å². The van der Waals surface area contributed by atoms with Crippen molar-refractivity contribution in [3.05, 3.63) is 24.3 Å². The monoisotopic (exact) mass is 288 g/mol. The Labute approximate surface area is 128 Å². The van der Waals surface area contributed by atoms with Crippen LogP contribution in [0.3, 0.4) is 0 Å². The zero-order valence-electron chi connectivity index (χ0n) is 13.1. The Morgan fingerprint density at radius 3 is 2.05 bits per heavy atom. The van der Waals surface area contributed by atoms with Crippen LogP contribution in [0.15, 0.2) is 24.3 Å². The van der Waals surface area contributed by atoms with Gasteiger partial charge < -0.3 is 9.64 Å². The second-order valence-corrected chi connectivity index (χ2v) is 6.29. The van der Waals surface area contributed by atoms with Gasteiger partial charge in [-0.25, -0.2) is 0 Å². The zero-order chi connectivity index (χ0) is 14.3. The van der Waals surface area contributed by atoms with E-state index in [1.54, 1.807) is 0 Å². The highest BCUT2D eigenvalue weighted by atomic mass is 16.5. The predicted octanol–water partition coefficient (Wildman–Crippen LogP) is 3.54. The van der Waals surface area contributed by atoms with E-state index in [0.29, 0.717) is 0 Å². The molecule has 0 bridgehead atoms. The van der Waals surface area contributed by atoms with Crippen LogP contribution in [-0.4, -0.2) is 44.2 Å². The van der Waals surface area contributed by atoms with Gasteiger partial charge in [-0.2, -0.15) is 0 Å². The van der Waals surface area contributed by atoms with Crippen molar-refractivity contribution >= 4 is 5.69 Å². The molecule has 2 aliphatic rings. The molecule has 2 heterocycles. The van der Waals surface area contributed by atoms with E-state index in [9.17, 15) is 0 Å². The summed E-state index contributed by atoms with van der Waals surface area (Å²) in [5, 5.41) is 0. The summed E-state index contributed by atoms with van der Waals surface area (Å²) in [5.74, 6) is 1.01. The second kappa shape index (κ2) is 7.69. The molecule has 0 amide bonds. The molecule has 2 saturated heterocycles. The Balaban J connectivity index is 1.42. The van der Waals surface area contributed by atoms with Gasteiger partial charge in [0.25, 0.3) is 0 Å². The van der Waals surface area contributed by atoms with E-state index in [4.69, 9.17) is 4.74 Å². The SMILES string of the molecule is c1cc(N2CCCC2)ccc1OCCN1CCCCCC1. The molecule has 0 aliphatic carbocycles. The molecule has 3 heteroatoms. The minimum absolute atomic E-state index is 0.809. The maximum absolute atomic E-state index is 5.91. The number of anilines is 1. The topological polar surface area (TPSA) is 15.7 Å². The average molecular weight is 288 g/mol. The number of likely N-dealkylation sites (tertiary alicyclic amines) is 1. The normalized spacial score (nSPS) is 20.5. The van der Waals surface area contributed by atoms with Crippen LogP contribution in [-0.2, 0) is 0 Å². The van der Waals surface area contributed by atoms with E-state index in [0.717, 1.165) is 18.9 Å². The Morgan fingerprint density at radius 2 is 1.38 bits per heavy atom. The number of nitrogens with zero attached hydrogens (tertiary/aromatic N) is 2. The number of hydrogen-bond donors (Lipinski definition) is 0. The van der Waals surface area contributed by atoms with Gasteiger partial charge in [-0.1, -0.05) is 12.8 Å². The Hall–Kier alpha value is -1.22. The first-order valence-corrected chi connectivity index (χ1v) is 8.62. The van der Waals surface area contributed by atoms with Crippen LogP contribution in [0, 0.1) is 0 Å². The molecule has 0 aromatic heterocycles. The Morgan fingerprint density at radius 1 is 0.762 bits per heavy atom. The summed E-state index contributed by atoms with van der Waals surface area (Å²) in [5.41, 5.74) is 1.34. The van der Waals surface area contributed by atoms with Crippen molar-refractivity contribution in [2.75, 3.05) is 44.2 Å². The molecule has 21 heavy (non-hydrogen) atoms. The summed E-state index contributed by atoms with van der Waals surface area (Å²) < 4.78 is 5.91. The lowest BCUT2D eigenvalue weighted by Gasteiger charge is -2.20. The first kappa shape index (κ1) is 14.7. The molecule has 1 aromatic carbocycles. The second-order valence-electron chi connectivity index (χ2n) is 6.29. The number of hydrogen-bond acceptors (Lipinski definition) is 3. The molecular formula is C18H28N2O. The molecule has 2 fully saturated rings. The minimum Gasteiger partial charge on any atom is -0.492 e. The van der Waals surface area contributed by atoms with Crippen LogP contribution in [0.25, 0.3) is 0 Å². The third-order valence-electron chi connectivity index (χ3n) is 4.68. The molecule has 0 N–H and O–H groups in total. The molecule has 3 rings (SSSR count). The van der Waals surface area contributed by atoms with Gasteiger partial charge in [-0.15, -0.1) is 0 Å². The average Bonchev–Trinajstić information content (AvgIpc) is 2.93. The van der Waals surface area contributed by atoms with Gasteiger partial charge in [-0.3, -0.25) is 4.90 Å². The maximum Gasteiger partial charge on any atom is 0.119 e. The van der Waals surface area contributed by atoms with Crippen LogP contribution < -0.4 is 9.64 Å². The van der Waals surface area contributed by atoms with E-state index in [-0.39, 0.29) is 0 Å². The van der Waals surface area contributed by atoms with Crippen molar-refractivity contribution in [3.8, 4) is 5.75 Å². The maximum atomic E-state index is 5.91. The van der Waals surface area contributed by atoms with E-state index >= 15 is 0 Å². The van der Waals surface area contributed by atoms with Gasteiger partial charge in [0.15, 0.2) is 0 Å². The summed E-state index contributed by atoms with van der Waals surface area (Å²) in [7, 11) is 0. The fourth-order valence-corrected chi connectivity index (χ4v) is 3.38. The van der Waals surface area contributed by atoms with Crippen molar-refractivity contribution in [1.82, 2.24) is 4.90 Å². The number of rotatable bonds is 5. The lowest BCUT2D eigenvalue weighted by molar-refractivity contribution is 0.214. The van der Waals surface area contributed by atoms with Crippen molar-refractivity contribution < 1.29 is 4.74 Å². The molecule has 0 spiro atoms. The highest BCUT2D eigenvalue weighted by molar-refractivity contribution is 5.49. The standard InChI is InChI=1S/C18H28N2O/c1-2-4-12-19(11-3-1)15-16-21-18-9-7-17(8-10-18)20-13-5-6-14-20/h7-10H,1-6,11-16H2. The molecule has 2 aliphatic heterocycles. The molecule has 116 valence electrons. The molecule has 0 unspecified atom stereocenters. The van der Waals surface area contributed by atoms with Crippen molar-refractivity contribution in [2.24, 2.45) is 0 Å². The fourth-order valence-electron chi connectivity index (χ4n) is 3.38. The van der Waals surface area contributed by atoms with Gasteiger partial charge in [0, 0.05) is 25.3 Å². The van der Waals surface area contributed by atoms with E-state index in [1.807, 2.05) is 0 Å². The summed E-state index contributed by atoms with van der Waals surface area (Å²) in [6.45, 7) is 6.77. The van der Waals surface area contributed by atoms with Crippen molar-refractivity contribution in [1.29, 1.82) is 0 Å². The summed E-state index contributed by atoms with van der Waals surface area (Å²) in [6, 6.07) is 8.64. The van der Waals surface area contributed by atoms with Gasteiger partial charge in [-0.05, 0) is 63.0 Å². The molecule has 1 aromatic rings. The van der Waals surface area contributed by atoms with Crippen LogP contribution in [0.2, 0.25) is 0 Å². The minimum atomic E-state index is 0.809. The Bertz CT molecular complexity index is 404. The van der Waals surface area contributed by atoms with Crippen LogP contribution >= 0.6 is 0 Å². The molecule has 0 radical (unpaired) electrons. The third-order valence-corrected chi connectivity index (χ3v) is 4.68. The first-order valence-electron chi connectivity index (χ1n) is 8.62. The van der Waals surface area contributed by atoms with Crippen LogP contribution in [0.5, 0.6) is 5.75 Å². The van der Waals surface area contributed by atoms with Crippen molar-refractivity contribution in [3.63, 3.8) is 0 Å². The molecule has 0 atom stereocenters. The van der Waals surface area contributed by atoms with Gasteiger partial charge in [0.2, 0.25) is 0 Å². The lowest BCUT2D eigenvalue weighted by atomic mass is 10.2. The van der Waals surface area contributed by atoms with Crippen molar-refractivity contribution in [2.45, 2.75) is 38.5 Å². The van der Waals surface area contributed by atoms with E-state index in [2.05, 4.69) is 34.1 Å². The molecule has 0 saturated carbocycles. The smallest absolute Gasteiger partial charge is 0.119 e. The summed E-state index contributed by atoms with van der Waals surface area (Å²) in [6.07, 6.45) is 8.15. The van der Waals surface area contributed by atoms with Gasteiger partial charge >= 0.3 is 0 Å². The van der Waals surface area contributed by atoms with Crippen LogP contribution in [0.4, 0.5) is 5.69 Å². The van der Waals surface area contributed by atoms with E-state index in [1.165, 1.54) is 70.4 Å². The lowest BCUT2D eigenvalue weighted by Crippen LogP contribution is -2.29. The molecular weight excluding hydrogens is 260 g/mol.